The third kappa shape index (κ3) is 2.73. The lowest BCUT2D eigenvalue weighted by Gasteiger charge is -2.16. The van der Waals surface area contributed by atoms with Crippen molar-refractivity contribution in [2.75, 3.05) is 0 Å². The number of hydrazone groups is 1. The van der Waals surface area contributed by atoms with Gasteiger partial charge in [-0.1, -0.05) is 18.6 Å². The third-order valence-corrected chi connectivity index (χ3v) is 5.03. The maximum atomic E-state index is 11.9. The van der Waals surface area contributed by atoms with Crippen molar-refractivity contribution in [3.8, 4) is 0 Å². The van der Waals surface area contributed by atoms with Gasteiger partial charge in [0, 0.05) is 10.7 Å². The molecule has 0 saturated heterocycles. The first-order valence-corrected chi connectivity index (χ1v) is 7.61. The number of carbonyl (C=O) groups is 1. The standard InChI is InChI=1S/C15H17BrN2O/c16-14-4-2-1-3-13(14)15(19)18-17-9-12-8-10-5-6-11(12)7-10/h1-4,9-12H,5-8H2,(H,18,19)/b17-9-/t10-,11-,12+/m1/s1. The summed E-state index contributed by atoms with van der Waals surface area (Å²) in [7, 11) is 0. The number of nitrogens with one attached hydrogen (secondary N) is 1. The van der Waals surface area contributed by atoms with E-state index in [1.807, 2.05) is 24.4 Å². The minimum absolute atomic E-state index is 0.160. The first kappa shape index (κ1) is 12.9. The number of hydrogen-bond acceptors (Lipinski definition) is 2. The third-order valence-electron chi connectivity index (χ3n) is 4.34. The Balaban J connectivity index is 1.58. The quantitative estimate of drug-likeness (QED) is 0.671. The highest BCUT2D eigenvalue weighted by Crippen LogP contribution is 2.47. The van der Waals surface area contributed by atoms with Gasteiger partial charge in [0.05, 0.1) is 5.56 Å². The monoisotopic (exact) mass is 320 g/mol. The molecule has 2 bridgehead atoms. The average molecular weight is 321 g/mol. The van der Waals surface area contributed by atoms with Crippen LogP contribution in [0.5, 0.6) is 0 Å². The molecule has 2 saturated carbocycles. The van der Waals surface area contributed by atoms with Crippen molar-refractivity contribution in [2.45, 2.75) is 25.7 Å². The van der Waals surface area contributed by atoms with Crippen LogP contribution in [0.2, 0.25) is 0 Å². The second-order valence-corrected chi connectivity index (χ2v) is 6.39. The molecule has 1 aromatic rings. The fourth-order valence-electron chi connectivity index (χ4n) is 3.37. The predicted molar refractivity (Wildman–Crippen MR) is 79.0 cm³/mol. The fraction of sp³-hybridized carbons (Fsp3) is 0.467. The van der Waals surface area contributed by atoms with Gasteiger partial charge in [0.2, 0.25) is 0 Å². The van der Waals surface area contributed by atoms with Crippen LogP contribution in [0.15, 0.2) is 33.8 Å². The molecule has 3 rings (SSSR count). The molecule has 3 nitrogen and oxygen atoms in total. The van der Waals surface area contributed by atoms with Gasteiger partial charge in [-0.15, -0.1) is 0 Å². The molecule has 1 aromatic carbocycles. The first-order valence-electron chi connectivity index (χ1n) is 6.82. The minimum atomic E-state index is -0.160. The summed E-state index contributed by atoms with van der Waals surface area (Å²) in [6, 6.07) is 7.37. The second-order valence-electron chi connectivity index (χ2n) is 5.54. The van der Waals surface area contributed by atoms with Crippen LogP contribution in [0.25, 0.3) is 0 Å². The lowest BCUT2D eigenvalue weighted by atomic mass is 9.90. The second kappa shape index (κ2) is 5.45. The number of halogens is 1. The Morgan fingerprint density at radius 2 is 2.16 bits per heavy atom. The van der Waals surface area contributed by atoms with Gasteiger partial charge in [-0.3, -0.25) is 4.79 Å². The van der Waals surface area contributed by atoms with Crippen LogP contribution in [-0.2, 0) is 0 Å². The van der Waals surface area contributed by atoms with Crippen LogP contribution in [0, 0.1) is 17.8 Å². The summed E-state index contributed by atoms with van der Waals surface area (Å²) in [5, 5.41) is 4.14. The lowest BCUT2D eigenvalue weighted by molar-refractivity contribution is 0.0954. The van der Waals surface area contributed by atoms with E-state index in [0.29, 0.717) is 11.5 Å². The topological polar surface area (TPSA) is 41.5 Å². The van der Waals surface area contributed by atoms with Crippen molar-refractivity contribution in [3.63, 3.8) is 0 Å². The highest BCUT2D eigenvalue weighted by atomic mass is 79.9. The van der Waals surface area contributed by atoms with Crippen molar-refractivity contribution in [3.05, 3.63) is 34.3 Å². The summed E-state index contributed by atoms with van der Waals surface area (Å²) in [6.45, 7) is 0. The Morgan fingerprint density at radius 1 is 1.32 bits per heavy atom. The number of hydrogen-bond donors (Lipinski definition) is 1. The highest BCUT2D eigenvalue weighted by Gasteiger charge is 2.38. The molecule has 2 fully saturated rings. The summed E-state index contributed by atoms with van der Waals surface area (Å²) in [5.74, 6) is 2.11. The predicted octanol–water partition coefficient (Wildman–Crippen LogP) is 3.60. The minimum Gasteiger partial charge on any atom is -0.267 e. The summed E-state index contributed by atoms with van der Waals surface area (Å²) in [4.78, 5) is 11.9. The van der Waals surface area contributed by atoms with E-state index >= 15 is 0 Å². The number of carbonyl (C=O) groups excluding carboxylic acids is 1. The molecular weight excluding hydrogens is 304 g/mol. The van der Waals surface area contributed by atoms with Crippen molar-refractivity contribution in [2.24, 2.45) is 22.9 Å². The van der Waals surface area contributed by atoms with Gasteiger partial charge < -0.3 is 0 Å². The smallest absolute Gasteiger partial charge is 0.267 e. The zero-order valence-electron chi connectivity index (χ0n) is 10.7. The van der Waals surface area contributed by atoms with Gasteiger partial charge in [0.15, 0.2) is 0 Å². The highest BCUT2D eigenvalue weighted by molar-refractivity contribution is 9.10. The van der Waals surface area contributed by atoms with E-state index in [2.05, 4.69) is 26.5 Å². The van der Waals surface area contributed by atoms with E-state index in [-0.39, 0.29) is 5.91 Å². The molecule has 19 heavy (non-hydrogen) atoms. The molecule has 0 spiro atoms. The Kier molecular flexibility index (Phi) is 3.69. The largest absolute Gasteiger partial charge is 0.272 e. The van der Waals surface area contributed by atoms with Gasteiger partial charge in [0.25, 0.3) is 5.91 Å². The Bertz CT molecular complexity index is 515. The van der Waals surface area contributed by atoms with Crippen molar-refractivity contribution < 1.29 is 4.79 Å². The summed E-state index contributed by atoms with van der Waals surface area (Å²) >= 11 is 3.37. The molecule has 1 N–H and O–H groups in total. The van der Waals surface area contributed by atoms with E-state index in [9.17, 15) is 4.79 Å². The van der Waals surface area contributed by atoms with Crippen molar-refractivity contribution >= 4 is 28.1 Å². The van der Waals surface area contributed by atoms with Crippen LogP contribution in [0.1, 0.15) is 36.0 Å². The summed E-state index contributed by atoms with van der Waals surface area (Å²) in [5.41, 5.74) is 3.24. The maximum absolute atomic E-state index is 11.9. The van der Waals surface area contributed by atoms with Crippen LogP contribution >= 0.6 is 15.9 Å². The van der Waals surface area contributed by atoms with Crippen molar-refractivity contribution in [1.82, 2.24) is 5.43 Å². The number of benzene rings is 1. The molecule has 100 valence electrons. The van der Waals surface area contributed by atoms with Crippen LogP contribution in [-0.4, -0.2) is 12.1 Å². The maximum Gasteiger partial charge on any atom is 0.272 e. The molecule has 4 heteroatoms. The Hall–Kier alpha value is -1.16. The number of fused-ring (bicyclic) bond motifs is 2. The van der Waals surface area contributed by atoms with Crippen LogP contribution in [0.4, 0.5) is 0 Å². The summed E-state index contributed by atoms with van der Waals surface area (Å²) < 4.78 is 0.794. The van der Waals surface area contributed by atoms with E-state index in [1.54, 1.807) is 6.07 Å². The molecular formula is C15H17BrN2O. The van der Waals surface area contributed by atoms with E-state index in [0.717, 1.165) is 16.3 Å². The average Bonchev–Trinajstić information content (AvgIpc) is 3.01. The first-order chi connectivity index (χ1) is 9.24. The van der Waals surface area contributed by atoms with Gasteiger partial charge in [0.1, 0.15) is 0 Å². The van der Waals surface area contributed by atoms with E-state index < -0.39 is 0 Å². The zero-order chi connectivity index (χ0) is 13.2. The normalized spacial score (nSPS) is 29.0. The molecule has 2 aliphatic rings. The van der Waals surface area contributed by atoms with Gasteiger partial charge >= 0.3 is 0 Å². The molecule has 0 unspecified atom stereocenters. The number of rotatable bonds is 3. The van der Waals surface area contributed by atoms with Gasteiger partial charge in [-0.05, 0) is 65.1 Å². The molecule has 2 aliphatic carbocycles. The molecule has 0 radical (unpaired) electrons. The van der Waals surface area contributed by atoms with E-state index in [4.69, 9.17) is 0 Å². The Labute approximate surface area is 121 Å². The van der Waals surface area contributed by atoms with E-state index in [1.165, 1.54) is 25.7 Å². The van der Waals surface area contributed by atoms with Crippen LogP contribution in [0.3, 0.4) is 0 Å². The molecule has 1 amide bonds. The van der Waals surface area contributed by atoms with Crippen LogP contribution < -0.4 is 5.43 Å². The van der Waals surface area contributed by atoms with Crippen molar-refractivity contribution in [1.29, 1.82) is 0 Å². The Morgan fingerprint density at radius 3 is 2.84 bits per heavy atom. The molecule has 0 heterocycles. The van der Waals surface area contributed by atoms with Gasteiger partial charge in [-0.2, -0.15) is 5.10 Å². The molecule has 0 aromatic heterocycles. The van der Waals surface area contributed by atoms with Gasteiger partial charge in [-0.25, -0.2) is 5.43 Å². The number of nitrogens with zero attached hydrogens (tertiary/aromatic N) is 1. The lowest BCUT2D eigenvalue weighted by Crippen LogP contribution is -2.20. The zero-order valence-corrected chi connectivity index (χ0v) is 12.3. The molecule has 3 atom stereocenters. The number of amides is 1. The summed E-state index contributed by atoms with van der Waals surface area (Å²) in [6.07, 6.45) is 7.27. The SMILES string of the molecule is O=C(N/N=C\[C@@H]1C[C@@H]2CC[C@@H]1C2)c1ccccc1Br. The fourth-order valence-corrected chi connectivity index (χ4v) is 3.84. The molecule has 0 aliphatic heterocycles.